The van der Waals surface area contributed by atoms with E-state index in [1.54, 1.807) is 12.5 Å². The number of nitrogens with one attached hydrogen (secondary N) is 3. The Hall–Kier alpha value is -2.14. The Morgan fingerprint density at radius 1 is 1.38 bits per heavy atom. The Morgan fingerprint density at radius 2 is 2.29 bits per heavy atom. The number of amides is 1. The lowest BCUT2D eigenvalue weighted by Gasteiger charge is -2.14. The molecule has 1 aromatic carbocycles. The first-order chi connectivity index (χ1) is 10.3. The molecule has 21 heavy (non-hydrogen) atoms. The third-order valence-electron chi connectivity index (χ3n) is 3.94. The second-order valence-electron chi connectivity index (χ2n) is 5.36. The molecule has 1 saturated heterocycles. The van der Waals surface area contributed by atoms with Crippen molar-refractivity contribution < 1.29 is 4.79 Å². The fourth-order valence-electron chi connectivity index (χ4n) is 2.81. The van der Waals surface area contributed by atoms with E-state index < -0.39 is 0 Å². The van der Waals surface area contributed by atoms with E-state index in [9.17, 15) is 4.79 Å². The standard InChI is InChI=1S/C16H20N4O/c21-16(19-8-6-13-10-18-11-20-13)15-4-2-1-3-14(15)12-5-7-17-9-12/h1-4,10-12,17H,5-9H2,(H,18,20)(H,19,21)/t12-/m0/s1. The van der Waals surface area contributed by atoms with Crippen LogP contribution >= 0.6 is 0 Å². The van der Waals surface area contributed by atoms with Crippen LogP contribution in [0.15, 0.2) is 36.8 Å². The van der Waals surface area contributed by atoms with Crippen molar-refractivity contribution in [2.24, 2.45) is 0 Å². The van der Waals surface area contributed by atoms with Gasteiger partial charge in [-0.05, 0) is 30.5 Å². The van der Waals surface area contributed by atoms with E-state index >= 15 is 0 Å². The van der Waals surface area contributed by atoms with Crippen molar-refractivity contribution in [3.8, 4) is 0 Å². The average molecular weight is 284 g/mol. The van der Waals surface area contributed by atoms with Crippen molar-refractivity contribution in [3.05, 3.63) is 53.6 Å². The molecule has 0 spiro atoms. The Morgan fingerprint density at radius 3 is 3.05 bits per heavy atom. The van der Waals surface area contributed by atoms with E-state index in [-0.39, 0.29) is 5.91 Å². The fraction of sp³-hybridized carbons (Fsp3) is 0.375. The molecule has 3 N–H and O–H groups in total. The van der Waals surface area contributed by atoms with Crippen LogP contribution in [0, 0.1) is 0 Å². The zero-order valence-electron chi connectivity index (χ0n) is 11.9. The van der Waals surface area contributed by atoms with Crippen LogP contribution in [-0.2, 0) is 6.42 Å². The van der Waals surface area contributed by atoms with Crippen LogP contribution in [0.2, 0.25) is 0 Å². The summed E-state index contributed by atoms with van der Waals surface area (Å²) in [6, 6.07) is 7.92. The first kappa shape index (κ1) is 13.8. The summed E-state index contributed by atoms with van der Waals surface area (Å²) in [6.07, 6.45) is 5.29. The van der Waals surface area contributed by atoms with Crippen molar-refractivity contribution in [1.82, 2.24) is 20.6 Å². The molecule has 2 heterocycles. The van der Waals surface area contributed by atoms with Crippen molar-refractivity contribution >= 4 is 5.91 Å². The number of nitrogens with zero attached hydrogens (tertiary/aromatic N) is 1. The van der Waals surface area contributed by atoms with Crippen molar-refractivity contribution in [2.45, 2.75) is 18.8 Å². The van der Waals surface area contributed by atoms with Gasteiger partial charge in [0, 0.05) is 37.0 Å². The second-order valence-corrected chi connectivity index (χ2v) is 5.36. The van der Waals surface area contributed by atoms with E-state index in [4.69, 9.17) is 0 Å². The van der Waals surface area contributed by atoms with Crippen molar-refractivity contribution in [1.29, 1.82) is 0 Å². The number of H-pyrrole nitrogens is 1. The Bertz CT molecular complexity index is 588. The number of aromatic amines is 1. The third kappa shape index (κ3) is 3.31. The van der Waals surface area contributed by atoms with Crippen LogP contribution in [0.3, 0.4) is 0 Å². The maximum atomic E-state index is 12.4. The number of rotatable bonds is 5. The van der Waals surface area contributed by atoms with Gasteiger partial charge < -0.3 is 15.6 Å². The maximum absolute atomic E-state index is 12.4. The minimum Gasteiger partial charge on any atom is -0.352 e. The molecule has 2 aromatic rings. The van der Waals surface area contributed by atoms with E-state index in [1.807, 2.05) is 18.2 Å². The zero-order valence-corrected chi connectivity index (χ0v) is 11.9. The fourth-order valence-corrected chi connectivity index (χ4v) is 2.81. The number of hydrogen-bond donors (Lipinski definition) is 3. The van der Waals surface area contributed by atoms with E-state index in [0.717, 1.165) is 42.8 Å². The number of aromatic nitrogens is 2. The summed E-state index contributed by atoms with van der Waals surface area (Å²) in [5.41, 5.74) is 2.99. The lowest BCUT2D eigenvalue weighted by atomic mass is 9.93. The van der Waals surface area contributed by atoms with Crippen LogP contribution in [0.4, 0.5) is 0 Å². The van der Waals surface area contributed by atoms with Crippen LogP contribution in [0.25, 0.3) is 0 Å². The number of benzene rings is 1. The summed E-state index contributed by atoms with van der Waals surface area (Å²) in [5.74, 6) is 0.455. The van der Waals surface area contributed by atoms with Gasteiger partial charge in [-0.15, -0.1) is 0 Å². The molecule has 1 aliphatic heterocycles. The van der Waals surface area contributed by atoms with E-state index in [0.29, 0.717) is 12.5 Å². The van der Waals surface area contributed by atoms with Crippen LogP contribution in [-0.4, -0.2) is 35.5 Å². The van der Waals surface area contributed by atoms with Gasteiger partial charge in [-0.1, -0.05) is 18.2 Å². The second kappa shape index (κ2) is 6.54. The molecule has 0 bridgehead atoms. The van der Waals surface area contributed by atoms with E-state index in [1.165, 1.54) is 0 Å². The molecule has 1 fully saturated rings. The molecule has 110 valence electrons. The first-order valence-corrected chi connectivity index (χ1v) is 7.39. The van der Waals surface area contributed by atoms with Crippen molar-refractivity contribution in [3.63, 3.8) is 0 Å². The molecule has 0 saturated carbocycles. The molecule has 5 heteroatoms. The lowest BCUT2D eigenvalue weighted by molar-refractivity contribution is 0.0952. The van der Waals surface area contributed by atoms with Gasteiger partial charge in [0.2, 0.25) is 0 Å². The minimum absolute atomic E-state index is 0.0111. The van der Waals surface area contributed by atoms with Gasteiger partial charge >= 0.3 is 0 Å². The SMILES string of the molecule is O=C(NCCc1cnc[nH]1)c1ccccc1[C@H]1CCNC1. The van der Waals surface area contributed by atoms with Crippen LogP contribution < -0.4 is 10.6 Å². The van der Waals surface area contributed by atoms with Gasteiger partial charge in [0.15, 0.2) is 0 Å². The highest BCUT2D eigenvalue weighted by atomic mass is 16.1. The molecule has 1 atom stereocenters. The van der Waals surface area contributed by atoms with Gasteiger partial charge in [-0.25, -0.2) is 4.98 Å². The molecule has 3 rings (SSSR count). The van der Waals surface area contributed by atoms with Crippen molar-refractivity contribution in [2.75, 3.05) is 19.6 Å². The normalized spacial score (nSPS) is 17.8. The highest BCUT2D eigenvalue weighted by Crippen LogP contribution is 2.25. The van der Waals surface area contributed by atoms with Gasteiger partial charge in [0.1, 0.15) is 0 Å². The number of carbonyl (C=O) groups is 1. The predicted octanol–water partition coefficient (Wildman–Crippen LogP) is 1.46. The number of carbonyl (C=O) groups excluding carboxylic acids is 1. The average Bonchev–Trinajstić information content (AvgIpc) is 3.20. The Balaban J connectivity index is 1.63. The number of hydrogen-bond acceptors (Lipinski definition) is 3. The summed E-state index contributed by atoms with van der Waals surface area (Å²) >= 11 is 0. The Labute approximate surface area is 124 Å². The predicted molar refractivity (Wildman–Crippen MR) is 81.3 cm³/mol. The van der Waals surface area contributed by atoms with Gasteiger partial charge in [-0.2, -0.15) is 0 Å². The maximum Gasteiger partial charge on any atom is 0.251 e. The molecular weight excluding hydrogens is 264 g/mol. The molecular formula is C16H20N4O. The largest absolute Gasteiger partial charge is 0.352 e. The molecule has 0 aliphatic carbocycles. The van der Waals surface area contributed by atoms with Gasteiger partial charge in [-0.3, -0.25) is 4.79 Å². The molecule has 0 radical (unpaired) electrons. The molecule has 1 aromatic heterocycles. The molecule has 1 aliphatic rings. The monoisotopic (exact) mass is 284 g/mol. The van der Waals surface area contributed by atoms with E-state index in [2.05, 4.69) is 26.7 Å². The smallest absolute Gasteiger partial charge is 0.251 e. The highest BCUT2D eigenvalue weighted by Gasteiger charge is 2.21. The zero-order chi connectivity index (χ0) is 14.5. The number of imidazole rings is 1. The molecule has 5 nitrogen and oxygen atoms in total. The third-order valence-corrected chi connectivity index (χ3v) is 3.94. The lowest BCUT2D eigenvalue weighted by Crippen LogP contribution is -2.27. The summed E-state index contributed by atoms with van der Waals surface area (Å²) < 4.78 is 0. The summed E-state index contributed by atoms with van der Waals surface area (Å²) in [4.78, 5) is 19.4. The summed E-state index contributed by atoms with van der Waals surface area (Å²) in [6.45, 7) is 2.59. The topological polar surface area (TPSA) is 69.8 Å². The quantitative estimate of drug-likeness (QED) is 0.778. The molecule has 1 amide bonds. The summed E-state index contributed by atoms with van der Waals surface area (Å²) in [5, 5.41) is 6.35. The summed E-state index contributed by atoms with van der Waals surface area (Å²) in [7, 11) is 0. The molecule has 0 unspecified atom stereocenters. The Kier molecular flexibility index (Phi) is 4.31. The first-order valence-electron chi connectivity index (χ1n) is 7.39. The minimum atomic E-state index is 0.0111. The van der Waals surface area contributed by atoms with Gasteiger partial charge in [0.25, 0.3) is 5.91 Å². The van der Waals surface area contributed by atoms with Crippen LogP contribution in [0.1, 0.15) is 34.0 Å². The van der Waals surface area contributed by atoms with Crippen LogP contribution in [0.5, 0.6) is 0 Å². The highest BCUT2D eigenvalue weighted by molar-refractivity contribution is 5.95. The van der Waals surface area contributed by atoms with Gasteiger partial charge in [0.05, 0.1) is 6.33 Å².